The van der Waals surface area contributed by atoms with E-state index >= 15 is 0 Å². The first-order valence-electron chi connectivity index (χ1n) is 7.69. The maximum Gasteiger partial charge on any atom is 0.265 e. The molecule has 24 heavy (non-hydrogen) atoms. The van der Waals surface area contributed by atoms with Crippen LogP contribution in [0.4, 0.5) is 5.69 Å². The topological polar surface area (TPSA) is 58.7 Å². The third-order valence-electron chi connectivity index (χ3n) is 3.86. The van der Waals surface area contributed by atoms with Crippen LogP contribution in [0.15, 0.2) is 27.7 Å². The summed E-state index contributed by atoms with van der Waals surface area (Å²) in [4.78, 5) is 19.3. The second-order valence-corrected chi connectivity index (χ2v) is 7.16. The van der Waals surface area contributed by atoms with E-state index in [1.165, 1.54) is 0 Å². The van der Waals surface area contributed by atoms with E-state index in [4.69, 9.17) is 16.1 Å². The minimum atomic E-state index is -0.115. The minimum absolute atomic E-state index is 0.115. The number of amidine groups is 1. The summed E-state index contributed by atoms with van der Waals surface area (Å²) in [5.74, 6) is 1.35. The molecule has 1 saturated heterocycles. The molecule has 0 atom stereocenters. The van der Waals surface area contributed by atoms with E-state index in [0.717, 1.165) is 23.4 Å². The van der Waals surface area contributed by atoms with Gasteiger partial charge >= 0.3 is 0 Å². The van der Waals surface area contributed by atoms with E-state index in [1.54, 1.807) is 30.5 Å². The molecule has 1 amide bonds. The van der Waals surface area contributed by atoms with Gasteiger partial charge in [-0.2, -0.15) is 0 Å². The van der Waals surface area contributed by atoms with Gasteiger partial charge in [-0.3, -0.25) is 9.69 Å². The lowest BCUT2D eigenvalue weighted by molar-refractivity contribution is 0.0847. The van der Waals surface area contributed by atoms with E-state index in [9.17, 15) is 4.79 Å². The van der Waals surface area contributed by atoms with E-state index in [0.29, 0.717) is 33.8 Å². The normalized spacial score (nSPS) is 16.7. The molecule has 0 radical (unpaired) electrons. The second-order valence-electron chi connectivity index (χ2n) is 5.69. The molecule has 0 saturated carbocycles. The van der Waals surface area contributed by atoms with Gasteiger partial charge < -0.3 is 4.52 Å². The van der Waals surface area contributed by atoms with Crippen molar-refractivity contribution in [2.45, 2.75) is 27.2 Å². The number of hydrogen-bond acceptors (Lipinski definition) is 5. The third kappa shape index (κ3) is 3.35. The predicted octanol–water partition coefficient (Wildman–Crippen LogP) is 4.52. The van der Waals surface area contributed by atoms with Crippen LogP contribution in [0.2, 0.25) is 5.02 Å². The molecule has 2 aromatic rings. The lowest BCUT2D eigenvalue weighted by Crippen LogP contribution is -2.39. The largest absolute Gasteiger partial charge is 0.361 e. The zero-order chi connectivity index (χ0) is 17.3. The van der Waals surface area contributed by atoms with Crippen LogP contribution < -0.4 is 0 Å². The van der Waals surface area contributed by atoms with Crippen LogP contribution in [0.1, 0.15) is 33.8 Å². The van der Waals surface area contributed by atoms with Gasteiger partial charge in [0.1, 0.15) is 11.3 Å². The maximum absolute atomic E-state index is 12.9. The number of aryl methyl sites for hydroxylation is 3. The number of hydrogen-bond donors (Lipinski definition) is 0. The van der Waals surface area contributed by atoms with Gasteiger partial charge in [-0.05, 0) is 44.9 Å². The van der Waals surface area contributed by atoms with Crippen LogP contribution in [-0.2, 0) is 0 Å². The molecule has 126 valence electrons. The number of carbonyl (C=O) groups is 1. The zero-order valence-corrected chi connectivity index (χ0v) is 15.4. The predicted molar refractivity (Wildman–Crippen MR) is 97.4 cm³/mol. The highest BCUT2D eigenvalue weighted by Gasteiger charge is 2.29. The number of nitrogens with zero attached hydrogens (tertiary/aromatic N) is 3. The van der Waals surface area contributed by atoms with Gasteiger partial charge in [-0.1, -0.05) is 34.6 Å². The van der Waals surface area contributed by atoms with Gasteiger partial charge in [0, 0.05) is 17.3 Å². The van der Waals surface area contributed by atoms with Gasteiger partial charge in [-0.25, -0.2) is 4.99 Å². The SMILES string of the molecule is Cc1ccc(N=C2SCCCN2C(=O)c2c(C)noc2C)cc1Cl. The van der Waals surface area contributed by atoms with Crippen molar-refractivity contribution in [2.75, 3.05) is 12.3 Å². The van der Waals surface area contributed by atoms with Crippen LogP contribution in [0.5, 0.6) is 0 Å². The van der Waals surface area contributed by atoms with Crippen molar-refractivity contribution in [2.24, 2.45) is 4.99 Å². The number of rotatable bonds is 2. The van der Waals surface area contributed by atoms with E-state index in [2.05, 4.69) is 10.1 Å². The number of aromatic nitrogens is 1. The first-order valence-corrected chi connectivity index (χ1v) is 9.06. The highest BCUT2D eigenvalue weighted by molar-refractivity contribution is 8.13. The quantitative estimate of drug-likeness (QED) is 0.787. The molecule has 1 aromatic carbocycles. The molecular weight excluding hydrogens is 346 g/mol. The van der Waals surface area contributed by atoms with Crippen molar-refractivity contribution in [1.82, 2.24) is 10.1 Å². The summed E-state index contributed by atoms with van der Waals surface area (Å²) in [5.41, 5.74) is 2.87. The Bertz CT molecular complexity index is 797. The van der Waals surface area contributed by atoms with Gasteiger partial charge in [-0.15, -0.1) is 0 Å². The number of benzene rings is 1. The summed E-state index contributed by atoms with van der Waals surface area (Å²) in [6.45, 7) is 6.11. The summed E-state index contributed by atoms with van der Waals surface area (Å²) in [7, 11) is 0. The lowest BCUT2D eigenvalue weighted by Gasteiger charge is -2.27. The number of halogens is 1. The Balaban J connectivity index is 1.95. The Kier molecular flexibility index (Phi) is 4.96. The summed E-state index contributed by atoms with van der Waals surface area (Å²) in [5, 5.41) is 5.23. The molecule has 1 aromatic heterocycles. The van der Waals surface area contributed by atoms with Gasteiger partial charge in [0.2, 0.25) is 0 Å². The zero-order valence-electron chi connectivity index (χ0n) is 13.8. The van der Waals surface area contributed by atoms with Gasteiger partial charge in [0.25, 0.3) is 5.91 Å². The molecule has 0 N–H and O–H groups in total. The molecular formula is C17H18ClN3O2S. The molecule has 5 nitrogen and oxygen atoms in total. The lowest BCUT2D eigenvalue weighted by atomic mass is 10.2. The molecule has 1 aliphatic rings. The van der Waals surface area contributed by atoms with Crippen LogP contribution >= 0.6 is 23.4 Å². The third-order valence-corrected chi connectivity index (χ3v) is 5.33. The molecule has 0 spiro atoms. The second kappa shape index (κ2) is 6.99. The number of thioether (sulfide) groups is 1. The van der Waals surface area contributed by atoms with Crippen LogP contribution in [-0.4, -0.2) is 33.4 Å². The van der Waals surface area contributed by atoms with Crippen molar-refractivity contribution in [3.63, 3.8) is 0 Å². The first-order chi connectivity index (χ1) is 11.5. The molecule has 0 unspecified atom stereocenters. The Morgan fingerprint density at radius 1 is 1.38 bits per heavy atom. The molecule has 7 heteroatoms. The first kappa shape index (κ1) is 17.0. The van der Waals surface area contributed by atoms with E-state index in [1.807, 2.05) is 25.1 Å². The molecule has 2 heterocycles. The Morgan fingerprint density at radius 2 is 2.17 bits per heavy atom. The fourth-order valence-corrected chi connectivity index (χ4v) is 3.66. The van der Waals surface area contributed by atoms with Crippen molar-refractivity contribution in [3.05, 3.63) is 45.8 Å². The highest BCUT2D eigenvalue weighted by atomic mass is 35.5. The molecule has 1 fully saturated rings. The van der Waals surface area contributed by atoms with Crippen molar-refractivity contribution >= 4 is 40.1 Å². The van der Waals surface area contributed by atoms with Crippen LogP contribution in [0.3, 0.4) is 0 Å². The molecule has 3 rings (SSSR count). The Morgan fingerprint density at radius 3 is 2.83 bits per heavy atom. The average molecular weight is 364 g/mol. The fraction of sp³-hybridized carbons (Fsp3) is 0.353. The number of aliphatic imine (C=N–C) groups is 1. The Hall–Kier alpha value is -1.79. The highest BCUT2D eigenvalue weighted by Crippen LogP contribution is 2.28. The van der Waals surface area contributed by atoms with Gasteiger partial charge in [0.15, 0.2) is 5.17 Å². The fourth-order valence-electron chi connectivity index (χ4n) is 2.53. The maximum atomic E-state index is 12.9. The monoisotopic (exact) mass is 363 g/mol. The standard InChI is InChI=1S/C17H18ClN3O2S/c1-10-5-6-13(9-14(10)18)19-17-21(7-4-8-24-17)16(22)15-11(2)20-23-12(15)3/h5-6,9H,4,7-8H2,1-3H3. The molecule has 1 aliphatic heterocycles. The summed E-state index contributed by atoms with van der Waals surface area (Å²) < 4.78 is 5.13. The summed E-state index contributed by atoms with van der Waals surface area (Å²) >= 11 is 7.75. The van der Waals surface area contributed by atoms with Crippen molar-refractivity contribution < 1.29 is 9.32 Å². The minimum Gasteiger partial charge on any atom is -0.361 e. The van der Waals surface area contributed by atoms with Crippen molar-refractivity contribution in [3.8, 4) is 0 Å². The van der Waals surface area contributed by atoms with E-state index < -0.39 is 0 Å². The number of carbonyl (C=O) groups excluding carboxylic acids is 1. The summed E-state index contributed by atoms with van der Waals surface area (Å²) in [6.07, 6.45) is 0.924. The Labute approximate surface area is 150 Å². The summed E-state index contributed by atoms with van der Waals surface area (Å²) in [6, 6.07) is 5.65. The smallest absolute Gasteiger partial charge is 0.265 e. The van der Waals surface area contributed by atoms with Crippen LogP contribution in [0, 0.1) is 20.8 Å². The average Bonchev–Trinajstić information content (AvgIpc) is 2.90. The molecule has 0 bridgehead atoms. The van der Waals surface area contributed by atoms with Crippen molar-refractivity contribution in [1.29, 1.82) is 0 Å². The number of amides is 1. The van der Waals surface area contributed by atoms with Gasteiger partial charge in [0.05, 0.1) is 11.4 Å². The van der Waals surface area contributed by atoms with E-state index in [-0.39, 0.29) is 5.91 Å². The van der Waals surface area contributed by atoms with Crippen LogP contribution in [0.25, 0.3) is 0 Å². The molecule has 0 aliphatic carbocycles.